The second-order valence-electron chi connectivity index (χ2n) is 24.6. The van der Waals surface area contributed by atoms with E-state index in [1.807, 2.05) is 103 Å². The van der Waals surface area contributed by atoms with Crippen molar-refractivity contribution in [2.24, 2.45) is 9.98 Å². The maximum atomic E-state index is 11.2. The molecule has 0 saturated heterocycles. The minimum absolute atomic E-state index is 0. The Morgan fingerprint density at radius 1 is 0.373 bits per heavy atom. The molecule has 8 aromatic rings. The number of para-hydroxylation sites is 3. The molecule has 9 rings (SSSR count). The standard InChI is InChI=1S/C36H54N2O2.3C12H10O2.Co/c1-33(2,3)25-17-23(31(39)27(19-25)35(7,8)9)21-37-29-15-13-14-16-30(29)38-22-24-18-26(34(4,5)6)20-28(32(24)40)36(10,11)12;3*13-10-6-8-12(9-7-10)14-11-4-2-1-3-5-11;/h17-22,29-30,39-40H,13-16H2,1-12H3;3*1-9,13H;/q;;;;+3/p-3. The fourth-order valence-electron chi connectivity index (χ4n) is 8.71. The van der Waals surface area contributed by atoms with Crippen molar-refractivity contribution in [2.75, 3.05) is 0 Å². The fraction of sp³-hybridized carbons (Fsp3) is 0.306. The molecule has 2 N–H and O–H groups in total. The summed E-state index contributed by atoms with van der Waals surface area (Å²) in [6.45, 7) is 26.0. The molecule has 1 aliphatic carbocycles. The van der Waals surface area contributed by atoms with Gasteiger partial charge in [-0.2, -0.15) is 0 Å². The van der Waals surface area contributed by atoms with Crippen LogP contribution in [0, 0.1) is 0 Å². The molecule has 0 spiro atoms. The first-order chi connectivity index (χ1) is 38.7. The van der Waals surface area contributed by atoms with Crippen molar-refractivity contribution in [3.8, 4) is 63.2 Å². The largest absolute Gasteiger partial charge is 3.00 e. The van der Waals surface area contributed by atoms with Gasteiger partial charge in [-0.15, -0.1) is 17.2 Å². The summed E-state index contributed by atoms with van der Waals surface area (Å²) < 4.78 is 16.5. The summed E-state index contributed by atoms with van der Waals surface area (Å²) in [6, 6.07) is 55.8. The van der Waals surface area contributed by atoms with E-state index >= 15 is 0 Å². The number of phenols is 2. The molecule has 8 aromatic carbocycles. The molecule has 10 nitrogen and oxygen atoms in total. The molecular weight excluding hydrogens is 1080 g/mol. The van der Waals surface area contributed by atoms with E-state index < -0.39 is 0 Å². The first-order valence-corrected chi connectivity index (χ1v) is 28.0. The molecule has 0 aromatic heterocycles. The zero-order valence-electron chi connectivity index (χ0n) is 50.1. The van der Waals surface area contributed by atoms with E-state index in [1.165, 1.54) is 47.5 Å². The van der Waals surface area contributed by atoms with Crippen molar-refractivity contribution in [1.29, 1.82) is 0 Å². The first-order valence-electron chi connectivity index (χ1n) is 28.0. The Bertz CT molecular complexity index is 2990. The Balaban J connectivity index is 0.000000236. The van der Waals surface area contributed by atoms with Gasteiger partial charge in [0.2, 0.25) is 0 Å². The van der Waals surface area contributed by atoms with E-state index in [0.717, 1.165) is 65.2 Å². The van der Waals surface area contributed by atoms with Gasteiger partial charge in [0, 0.05) is 34.7 Å². The van der Waals surface area contributed by atoms with Gasteiger partial charge in [-0.05, 0) is 131 Å². The monoisotopic (exact) mass is 1160 g/mol. The molecule has 0 amide bonds. The van der Waals surface area contributed by atoms with E-state index in [9.17, 15) is 25.5 Å². The van der Waals surface area contributed by atoms with E-state index in [-0.39, 0.29) is 67.8 Å². The van der Waals surface area contributed by atoms with Crippen molar-refractivity contribution in [2.45, 2.75) is 143 Å². The zero-order chi connectivity index (χ0) is 59.7. The summed E-state index contributed by atoms with van der Waals surface area (Å²) in [5, 5.41) is 54.9. The zero-order valence-corrected chi connectivity index (χ0v) is 51.1. The summed E-state index contributed by atoms with van der Waals surface area (Å²) in [5.74, 6) is 4.95. The predicted molar refractivity (Wildman–Crippen MR) is 329 cm³/mol. The van der Waals surface area contributed by atoms with Crippen molar-refractivity contribution in [3.05, 3.63) is 221 Å². The van der Waals surface area contributed by atoms with E-state index in [1.54, 1.807) is 36.4 Å². The SMILES string of the molecule is CC(C)(C)c1cc(C=NC2CCCCC2N=Cc2cc(C(C)(C)C)cc(C(C)(C)C)c2O)c(O)c(C(C)(C)C)c1.[Co+3].[O-]c1ccc(Oc2ccccc2)cc1.[O-]c1ccc(Oc2ccccc2)cc1.[O-]c1ccc(Oc2ccccc2)cc1. The van der Waals surface area contributed by atoms with Crippen LogP contribution in [0.3, 0.4) is 0 Å². The van der Waals surface area contributed by atoms with Crippen LogP contribution in [0.4, 0.5) is 0 Å². The molecule has 83 heavy (non-hydrogen) atoms. The maximum absolute atomic E-state index is 11.2. The fourth-order valence-corrected chi connectivity index (χ4v) is 8.71. The van der Waals surface area contributed by atoms with Crippen LogP contribution in [0.25, 0.3) is 0 Å². The smallest absolute Gasteiger partial charge is 0.872 e. The molecule has 0 bridgehead atoms. The predicted octanol–water partition coefficient (Wildman–Crippen LogP) is 16.8. The molecule has 2 unspecified atom stereocenters. The van der Waals surface area contributed by atoms with Gasteiger partial charge in [-0.3, -0.25) is 9.98 Å². The molecule has 1 fully saturated rings. The van der Waals surface area contributed by atoms with Crippen molar-refractivity contribution in [1.82, 2.24) is 0 Å². The van der Waals surface area contributed by atoms with E-state index in [2.05, 4.69) is 107 Å². The molecule has 1 saturated carbocycles. The summed E-state index contributed by atoms with van der Waals surface area (Å²) in [7, 11) is 0. The molecule has 2 atom stereocenters. The molecule has 0 radical (unpaired) electrons. The molecule has 11 heteroatoms. The van der Waals surface area contributed by atoms with Crippen molar-refractivity contribution >= 4 is 12.4 Å². The Morgan fingerprint density at radius 2 is 0.627 bits per heavy atom. The van der Waals surface area contributed by atoms with Crippen LogP contribution in [0.5, 0.6) is 63.2 Å². The quantitative estimate of drug-likeness (QED) is 0.128. The average molecular weight is 1160 g/mol. The van der Waals surface area contributed by atoms with Gasteiger partial charge in [0.05, 0.1) is 12.1 Å². The molecular formula is C72H81CoN2O8. The van der Waals surface area contributed by atoms with Crippen molar-refractivity contribution in [3.63, 3.8) is 0 Å². The van der Waals surface area contributed by atoms with Gasteiger partial charge >= 0.3 is 16.8 Å². The van der Waals surface area contributed by atoms with Crippen LogP contribution in [0.15, 0.2) is 198 Å². The third-order valence-electron chi connectivity index (χ3n) is 13.5. The third kappa shape index (κ3) is 21.1. The van der Waals surface area contributed by atoms with Crippen LogP contribution in [-0.2, 0) is 38.4 Å². The average Bonchev–Trinajstić information content (AvgIpc) is 3.58. The number of aromatic hydroxyl groups is 2. The second kappa shape index (κ2) is 29.8. The molecule has 1 aliphatic rings. The number of aliphatic imine (C=N–C) groups is 2. The second-order valence-corrected chi connectivity index (χ2v) is 24.6. The molecule has 436 valence electrons. The minimum atomic E-state index is -0.179. The number of benzene rings is 8. The Labute approximate surface area is 503 Å². The normalized spacial score (nSPS) is 14.4. The minimum Gasteiger partial charge on any atom is -0.872 e. The van der Waals surface area contributed by atoms with Gasteiger partial charge in [-0.1, -0.05) is 199 Å². The Morgan fingerprint density at radius 3 is 0.867 bits per heavy atom. The number of rotatable bonds is 10. The number of hydrogen-bond donors (Lipinski definition) is 2. The molecule has 0 aliphatic heterocycles. The number of nitrogens with zero attached hydrogens (tertiary/aromatic N) is 2. The summed E-state index contributed by atoms with van der Waals surface area (Å²) in [4.78, 5) is 10.1. The van der Waals surface area contributed by atoms with Crippen LogP contribution >= 0.6 is 0 Å². The summed E-state index contributed by atoms with van der Waals surface area (Å²) in [5.41, 5.74) is 5.39. The summed E-state index contributed by atoms with van der Waals surface area (Å²) >= 11 is 0. The van der Waals surface area contributed by atoms with Crippen LogP contribution in [0.2, 0.25) is 0 Å². The van der Waals surface area contributed by atoms with Gasteiger partial charge in [0.15, 0.2) is 0 Å². The van der Waals surface area contributed by atoms with Crippen molar-refractivity contribution < 1.29 is 56.5 Å². The van der Waals surface area contributed by atoms with E-state index in [0.29, 0.717) is 28.7 Å². The van der Waals surface area contributed by atoms with Gasteiger partial charge in [0.1, 0.15) is 46.0 Å². The van der Waals surface area contributed by atoms with Gasteiger partial charge in [-0.25, -0.2) is 0 Å². The van der Waals surface area contributed by atoms with E-state index in [4.69, 9.17) is 24.2 Å². The molecule has 0 heterocycles. The Kier molecular flexibility index (Phi) is 23.6. The Hall–Kier alpha value is -7.99. The van der Waals surface area contributed by atoms with Crippen LogP contribution < -0.4 is 29.5 Å². The third-order valence-corrected chi connectivity index (χ3v) is 13.5. The summed E-state index contributed by atoms with van der Waals surface area (Å²) in [6.07, 6.45) is 7.90. The van der Waals surface area contributed by atoms with Gasteiger partial charge < -0.3 is 39.7 Å². The van der Waals surface area contributed by atoms with Gasteiger partial charge in [0.25, 0.3) is 0 Å². The number of phenolic OH excluding ortho intramolecular Hbond substituents is 2. The number of hydrogen-bond acceptors (Lipinski definition) is 10. The number of ether oxygens (including phenoxy) is 3. The first kappa shape index (κ1) is 65.8. The maximum Gasteiger partial charge on any atom is 3.00 e. The van der Waals surface area contributed by atoms with Crippen LogP contribution in [0.1, 0.15) is 142 Å². The van der Waals surface area contributed by atoms with Crippen LogP contribution in [-0.4, -0.2) is 34.7 Å². The topological polar surface area (TPSA) is 162 Å².